The van der Waals surface area contributed by atoms with Crippen LogP contribution in [0.2, 0.25) is 5.02 Å². The van der Waals surface area contributed by atoms with Crippen LogP contribution in [0.15, 0.2) is 70.6 Å². The normalized spacial score (nSPS) is 14.9. The van der Waals surface area contributed by atoms with Gasteiger partial charge >= 0.3 is 0 Å². The van der Waals surface area contributed by atoms with Crippen molar-refractivity contribution in [1.82, 2.24) is 9.99 Å². The fourth-order valence-corrected chi connectivity index (χ4v) is 5.30. The topological polar surface area (TPSA) is 93.2 Å². The van der Waals surface area contributed by atoms with E-state index in [2.05, 4.69) is 4.98 Å². The lowest BCUT2D eigenvalue weighted by Gasteiger charge is -2.25. The number of hydrazone groups is 1. The molecule has 0 bridgehead atoms. The summed E-state index contributed by atoms with van der Waals surface area (Å²) in [5.74, 6) is 0.880. The van der Waals surface area contributed by atoms with Crippen LogP contribution in [0, 0.1) is 5.92 Å². The molecule has 1 aliphatic heterocycles. The van der Waals surface area contributed by atoms with Gasteiger partial charge in [0.05, 0.1) is 38.6 Å². The number of pyridine rings is 1. The summed E-state index contributed by atoms with van der Waals surface area (Å²) in [4.78, 5) is 30.2. The highest BCUT2D eigenvalue weighted by Crippen LogP contribution is 2.44. The Bertz CT molecular complexity index is 1660. The lowest BCUT2D eigenvalue weighted by atomic mass is 9.91. The van der Waals surface area contributed by atoms with E-state index < -0.39 is 6.04 Å². The minimum Gasteiger partial charge on any atom is -0.493 e. The number of carbonyl (C=O) groups is 1. The molecule has 0 unspecified atom stereocenters. The highest BCUT2D eigenvalue weighted by molar-refractivity contribution is 6.31. The number of benzene rings is 3. The van der Waals surface area contributed by atoms with Crippen LogP contribution in [0.5, 0.6) is 17.2 Å². The zero-order chi connectivity index (χ0) is 28.6. The third-order valence-electron chi connectivity index (χ3n) is 7.03. The molecular formula is C31H30ClN3O5. The Kier molecular flexibility index (Phi) is 7.54. The molecule has 3 aromatic carbocycles. The average Bonchev–Trinajstić information content (AvgIpc) is 3.40. The van der Waals surface area contributed by atoms with Crippen molar-refractivity contribution in [3.05, 3.63) is 87.2 Å². The first kappa shape index (κ1) is 27.3. The monoisotopic (exact) mass is 559 g/mol. The smallest absolute Gasteiger partial charge is 0.258 e. The van der Waals surface area contributed by atoms with E-state index in [1.54, 1.807) is 26.4 Å². The predicted octanol–water partition coefficient (Wildman–Crippen LogP) is 6.21. The standard InChI is InChI=1S/C31H30ClN3O5/c1-17(2)31(37)35-24(19-13-25(38-3)29(40-5)26(14-19)39-4)16-23(34-35)28-27(18-9-7-6-8-10-18)21-15-20(32)11-12-22(21)33-30(28)36/h6-15,17,24H,16H2,1-5H3,(H,33,36)/t24-/m0/s1. The number of halogens is 1. The number of hydrogen-bond donors (Lipinski definition) is 1. The number of amides is 1. The predicted molar refractivity (Wildman–Crippen MR) is 157 cm³/mol. The fourth-order valence-electron chi connectivity index (χ4n) is 5.13. The van der Waals surface area contributed by atoms with Gasteiger partial charge in [-0.15, -0.1) is 0 Å². The van der Waals surface area contributed by atoms with Crippen LogP contribution in [0.1, 0.15) is 37.4 Å². The van der Waals surface area contributed by atoms with E-state index in [0.717, 1.165) is 16.5 Å². The lowest BCUT2D eigenvalue weighted by Crippen LogP contribution is -2.30. The molecule has 0 saturated carbocycles. The maximum Gasteiger partial charge on any atom is 0.258 e. The van der Waals surface area contributed by atoms with Gasteiger partial charge in [0, 0.05) is 33.8 Å². The van der Waals surface area contributed by atoms with E-state index in [1.165, 1.54) is 12.1 Å². The summed E-state index contributed by atoms with van der Waals surface area (Å²) in [5.41, 5.74) is 3.55. The Morgan fingerprint density at radius 3 is 2.25 bits per heavy atom. The second-order valence-corrected chi connectivity index (χ2v) is 10.3. The van der Waals surface area contributed by atoms with Crippen molar-refractivity contribution in [3.63, 3.8) is 0 Å². The summed E-state index contributed by atoms with van der Waals surface area (Å²) in [6.45, 7) is 3.64. The van der Waals surface area contributed by atoms with E-state index in [-0.39, 0.29) is 17.4 Å². The molecule has 0 fully saturated rings. The Labute approximate surface area is 237 Å². The van der Waals surface area contributed by atoms with Crippen molar-refractivity contribution in [1.29, 1.82) is 0 Å². The number of fused-ring (bicyclic) bond motifs is 1. The third-order valence-corrected chi connectivity index (χ3v) is 7.26. The molecule has 4 aromatic rings. The van der Waals surface area contributed by atoms with Gasteiger partial charge in [-0.05, 0) is 41.5 Å². The van der Waals surface area contributed by atoms with Crippen LogP contribution in [-0.2, 0) is 4.79 Å². The van der Waals surface area contributed by atoms with Crippen molar-refractivity contribution >= 4 is 34.1 Å². The number of nitrogens with zero attached hydrogens (tertiary/aromatic N) is 2. The Morgan fingerprint density at radius 1 is 0.975 bits per heavy atom. The first-order chi connectivity index (χ1) is 19.3. The van der Waals surface area contributed by atoms with Crippen molar-refractivity contribution in [2.24, 2.45) is 11.0 Å². The molecule has 8 nitrogen and oxygen atoms in total. The molecule has 1 aromatic heterocycles. The molecule has 2 heterocycles. The molecule has 1 atom stereocenters. The van der Waals surface area contributed by atoms with Crippen molar-refractivity contribution < 1.29 is 19.0 Å². The van der Waals surface area contributed by atoms with Gasteiger partial charge in [0.15, 0.2) is 11.5 Å². The molecule has 0 spiro atoms. The van der Waals surface area contributed by atoms with Gasteiger partial charge in [-0.25, -0.2) is 5.01 Å². The highest BCUT2D eigenvalue weighted by Gasteiger charge is 2.37. The quantitative estimate of drug-likeness (QED) is 0.291. The molecule has 0 aliphatic carbocycles. The summed E-state index contributed by atoms with van der Waals surface area (Å²) in [7, 11) is 4.62. The minimum atomic E-state index is -0.503. The molecule has 1 amide bonds. The number of H-pyrrole nitrogens is 1. The number of carbonyl (C=O) groups excluding carboxylic acids is 1. The molecule has 206 valence electrons. The van der Waals surface area contributed by atoms with E-state index in [9.17, 15) is 9.59 Å². The number of methoxy groups -OCH3 is 3. The number of aromatic nitrogens is 1. The number of aromatic amines is 1. The van der Waals surface area contributed by atoms with Gasteiger partial charge in [0.2, 0.25) is 11.7 Å². The SMILES string of the molecule is COc1cc([C@@H]2CC(c3c(-c4ccccc4)c4cc(Cl)ccc4[nH]c3=O)=NN2C(=O)C(C)C)cc(OC)c1OC. The Morgan fingerprint density at radius 2 is 1.65 bits per heavy atom. The minimum absolute atomic E-state index is 0.171. The summed E-state index contributed by atoms with van der Waals surface area (Å²) in [6, 6.07) is 18.1. The first-order valence-electron chi connectivity index (χ1n) is 12.9. The van der Waals surface area contributed by atoms with Gasteiger partial charge in [0.1, 0.15) is 0 Å². The van der Waals surface area contributed by atoms with Crippen LogP contribution in [0.3, 0.4) is 0 Å². The Balaban J connectivity index is 1.74. The summed E-state index contributed by atoms with van der Waals surface area (Å²) in [5, 5.41) is 7.60. The Hall–Kier alpha value is -4.30. The molecule has 5 rings (SSSR count). The fraction of sp³-hybridized carbons (Fsp3) is 0.258. The zero-order valence-corrected chi connectivity index (χ0v) is 23.7. The maximum atomic E-state index is 13.7. The van der Waals surface area contributed by atoms with E-state index in [1.807, 2.05) is 62.4 Å². The van der Waals surface area contributed by atoms with Crippen molar-refractivity contribution in [2.45, 2.75) is 26.3 Å². The second-order valence-electron chi connectivity index (χ2n) is 9.82. The van der Waals surface area contributed by atoms with E-state index >= 15 is 0 Å². The van der Waals surface area contributed by atoms with Crippen molar-refractivity contribution in [2.75, 3.05) is 21.3 Å². The largest absolute Gasteiger partial charge is 0.493 e. The van der Waals surface area contributed by atoms with Crippen LogP contribution >= 0.6 is 11.6 Å². The maximum absolute atomic E-state index is 13.7. The third kappa shape index (κ3) is 4.79. The van der Waals surface area contributed by atoms with E-state index in [0.29, 0.717) is 51.0 Å². The molecule has 40 heavy (non-hydrogen) atoms. The van der Waals surface area contributed by atoms with Crippen LogP contribution in [-0.4, -0.2) is 42.9 Å². The van der Waals surface area contributed by atoms with Crippen LogP contribution < -0.4 is 19.8 Å². The van der Waals surface area contributed by atoms with Crippen LogP contribution in [0.4, 0.5) is 0 Å². The van der Waals surface area contributed by atoms with Gasteiger partial charge < -0.3 is 19.2 Å². The highest BCUT2D eigenvalue weighted by atomic mass is 35.5. The number of rotatable bonds is 7. The number of ether oxygens (including phenoxy) is 3. The average molecular weight is 560 g/mol. The molecule has 1 N–H and O–H groups in total. The summed E-state index contributed by atoms with van der Waals surface area (Å²) < 4.78 is 16.6. The molecular weight excluding hydrogens is 530 g/mol. The van der Waals surface area contributed by atoms with Crippen LogP contribution in [0.25, 0.3) is 22.0 Å². The molecule has 1 aliphatic rings. The van der Waals surface area contributed by atoms with E-state index in [4.69, 9.17) is 30.9 Å². The summed E-state index contributed by atoms with van der Waals surface area (Å²) >= 11 is 6.41. The number of hydrogen-bond acceptors (Lipinski definition) is 6. The van der Waals surface area contributed by atoms with Gasteiger partial charge in [0.25, 0.3) is 5.56 Å². The second kappa shape index (κ2) is 11.1. The van der Waals surface area contributed by atoms with Gasteiger partial charge in [-0.3, -0.25) is 9.59 Å². The summed E-state index contributed by atoms with van der Waals surface area (Å²) in [6.07, 6.45) is 0.298. The number of nitrogens with one attached hydrogen (secondary N) is 1. The van der Waals surface area contributed by atoms with Gasteiger partial charge in [-0.2, -0.15) is 5.10 Å². The molecule has 9 heteroatoms. The van der Waals surface area contributed by atoms with Crippen molar-refractivity contribution in [3.8, 4) is 28.4 Å². The molecule has 0 radical (unpaired) electrons. The van der Waals surface area contributed by atoms with Gasteiger partial charge in [-0.1, -0.05) is 55.8 Å². The zero-order valence-electron chi connectivity index (χ0n) is 22.9. The first-order valence-corrected chi connectivity index (χ1v) is 13.3. The molecule has 0 saturated heterocycles. The lowest BCUT2D eigenvalue weighted by molar-refractivity contribution is -0.136.